The number of azide groups is 1. The van der Waals surface area contributed by atoms with Gasteiger partial charge < -0.3 is 5.11 Å². The second kappa shape index (κ2) is 5.78. The molecule has 0 aromatic heterocycles. The molecular formula is C13H15ClFN3O. The summed E-state index contributed by atoms with van der Waals surface area (Å²) >= 11 is 5.92. The third-order valence-corrected chi connectivity index (χ3v) is 3.86. The van der Waals surface area contributed by atoms with Gasteiger partial charge in [0, 0.05) is 9.93 Å². The van der Waals surface area contributed by atoms with Gasteiger partial charge in [-0.2, -0.15) is 0 Å². The fourth-order valence-corrected chi connectivity index (χ4v) is 2.77. The first-order chi connectivity index (χ1) is 9.05. The first-order valence-electron chi connectivity index (χ1n) is 6.21. The maximum atomic E-state index is 13.2. The van der Waals surface area contributed by atoms with E-state index in [0.717, 1.165) is 0 Å². The van der Waals surface area contributed by atoms with Crippen LogP contribution in [-0.2, 0) is 0 Å². The van der Waals surface area contributed by atoms with E-state index >= 15 is 0 Å². The maximum Gasteiger partial charge on any atom is 0.100 e. The molecule has 1 aromatic carbocycles. The van der Waals surface area contributed by atoms with Gasteiger partial charge in [0.2, 0.25) is 0 Å². The Bertz CT molecular complexity index is 496. The molecule has 0 saturated heterocycles. The zero-order valence-electron chi connectivity index (χ0n) is 10.3. The topological polar surface area (TPSA) is 69.0 Å². The molecule has 1 atom stereocenters. The van der Waals surface area contributed by atoms with Crippen LogP contribution < -0.4 is 0 Å². The van der Waals surface area contributed by atoms with E-state index in [9.17, 15) is 9.50 Å². The van der Waals surface area contributed by atoms with E-state index in [1.807, 2.05) is 0 Å². The van der Waals surface area contributed by atoms with Crippen molar-refractivity contribution in [3.8, 4) is 0 Å². The average Bonchev–Trinajstić information content (AvgIpc) is 2.39. The van der Waals surface area contributed by atoms with Crippen molar-refractivity contribution in [1.29, 1.82) is 0 Å². The minimum atomic E-state index is -1.19. The number of benzene rings is 1. The number of hydrogen-bond acceptors (Lipinski definition) is 2. The SMILES string of the molecule is [N-]=[N+]=NC(c1cccc(Cl)c1)C1(O)CCC(F)CC1. The molecule has 1 aliphatic rings. The average molecular weight is 284 g/mol. The summed E-state index contributed by atoms with van der Waals surface area (Å²) in [7, 11) is 0. The molecule has 1 aromatic rings. The van der Waals surface area contributed by atoms with Gasteiger partial charge in [0.05, 0.1) is 11.6 Å². The second-order valence-corrected chi connectivity index (χ2v) is 5.38. The van der Waals surface area contributed by atoms with E-state index in [1.165, 1.54) is 0 Å². The molecule has 1 aliphatic carbocycles. The molecule has 102 valence electrons. The predicted octanol–water partition coefficient (Wildman–Crippen LogP) is 4.33. The summed E-state index contributed by atoms with van der Waals surface area (Å²) in [6.45, 7) is 0. The molecule has 0 amide bonds. The maximum absolute atomic E-state index is 13.2. The van der Waals surface area contributed by atoms with E-state index in [-0.39, 0.29) is 25.7 Å². The van der Waals surface area contributed by atoms with Crippen LogP contribution in [-0.4, -0.2) is 16.9 Å². The van der Waals surface area contributed by atoms with Crippen molar-refractivity contribution in [3.05, 3.63) is 45.3 Å². The standard InChI is InChI=1S/C13H15ClFN3O/c14-10-3-1-2-9(8-10)12(17-18-16)13(19)6-4-11(15)5-7-13/h1-3,8,11-12,19H,4-7H2. The monoisotopic (exact) mass is 283 g/mol. The number of alkyl halides is 1. The third-order valence-electron chi connectivity index (χ3n) is 3.62. The Morgan fingerprint density at radius 3 is 2.74 bits per heavy atom. The summed E-state index contributed by atoms with van der Waals surface area (Å²) in [6.07, 6.45) is 0.254. The highest BCUT2D eigenvalue weighted by Crippen LogP contribution is 2.42. The Morgan fingerprint density at radius 2 is 2.16 bits per heavy atom. The van der Waals surface area contributed by atoms with Crippen LogP contribution in [0.25, 0.3) is 10.4 Å². The lowest BCUT2D eigenvalue weighted by molar-refractivity contribution is -0.0361. The summed E-state index contributed by atoms with van der Waals surface area (Å²) in [6, 6.07) is 6.14. The number of halogens is 2. The molecule has 0 heterocycles. The fraction of sp³-hybridized carbons (Fsp3) is 0.538. The number of nitrogens with zero attached hydrogens (tertiary/aromatic N) is 3. The Hall–Kier alpha value is -1.29. The largest absolute Gasteiger partial charge is 0.389 e. The highest BCUT2D eigenvalue weighted by molar-refractivity contribution is 6.30. The van der Waals surface area contributed by atoms with Crippen molar-refractivity contribution >= 4 is 11.6 Å². The smallest absolute Gasteiger partial charge is 0.100 e. The molecule has 6 heteroatoms. The number of aliphatic hydroxyl groups is 1. The van der Waals surface area contributed by atoms with E-state index in [0.29, 0.717) is 10.6 Å². The van der Waals surface area contributed by atoms with Crippen LogP contribution >= 0.6 is 11.6 Å². The predicted molar refractivity (Wildman–Crippen MR) is 71.7 cm³/mol. The van der Waals surface area contributed by atoms with Gasteiger partial charge in [0.1, 0.15) is 6.17 Å². The summed E-state index contributed by atoms with van der Waals surface area (Å²) < 4.78 is 13.2. The first-order valence-corrected chi connectivity index (χ1v) is 6.59. The molecule has 4 nitrogen and oxygen atoms in total. The zero-order chi connectivity index (χ0) is 13.9. The van der Waals surface area contributed by atoms with E-state index in [4.69, 9.17) is 17.1 Å². The van der Waals surface area contributed by atoms with Crippen molar-refractivity contribution in [2.75, 3.05) is 0 Å². The van der Waals surface area contributed by atoms with Crippen molar-refractivity contribution in [2.45, 2.75) is 43.5 Å². The van der Waals surface area contributed by atoms with Crippen LogP contribution in [0.4, 0.5) is 4.39 Å². The Balaban J connectivity index is 2.32. The van der Waals surface area contributed by atoms with E-state index in [1.54, 1.807) is 24.3 Å². The Morgan fingerprint density at radius 1 is 1.47 bits per heavy atom. The van der Waals surface area contributed by atoms with Gasteiger partial charge in [-0.15, -0.1) is 0 Å². The van der Waals surface area contributed by atoms with Crippen molar-refractivity contribution in [1.82, 2.24) is 0 Å². The van der Waals surface area contributed by atoms with Crippen molar-refractivity contribution in [2.24, 2.45) is 5.11 Å². The minimum Gasteiger partial charge on any atom is -0.389 e. The Labute approximate surface area is 115 Å². The van der Waals surface area contributed by atoms with Crippen LogP contribution in [0.5, 0.6) is 0 Å². The van der Waals surface area contributed by atoms with Gasteiger partial charge in [-0.05, 0) is 48.9 Å². The minimum absolute atomic E-state index is 0.282. The quantitative estimate of drug-likeness (QED) is 0.500. The van der Waals surface area contributed by atoms with Gasteiger partial charge in [0.15, 0.2) is 0 Å². The third kappa shape index (κ3) is 3.18. The molecule has 2 rings (SSSR count). The van der Waals surface area contributed by atoms with Crippen molar-refractivity contribution in [3.63, 3.8) is 0 Å². The van der Waals surface area contributed by atoms with Crippen LogP contribution in [0.1, 0.15) is 37.3 Å². The molecule has 1 unspecified atom stereocenters. The van der Waals surface area contributed by atoms with Crippen LogP contribution in [0.15, 0.2) is 29.4 Å². The molecule has 1 saturated carbocycles. The van der Waals surface area contributed by atoms with Crippen LogP contribution in [0, 0.1) is 0 Å². The molecule has 19 heavy (non-hydrogen) atoms. The van der Waals surface area contributed by atoms with Gasteiger partial charge >= 0.3 is 0 Å². The lowest BCUT2D eigenvalue weighted by Gasteiger charge is -2.38. The van der Waals surface area contributed by atoms with Gasteiger partial charge in [-0.25, -0.2) is 4.39 Å². The molecule has 1 N–H and O–H groups in total. The van der Waals surface area contributed by atoms with Gasteiger partial charge in [-0.1, -0.05) is 28.8 Å². The highest BCUT2D eigenvalue weighted by Gasteiger charge is 2.40. The normalized spacial score (nSPS) is 28.5. The van der Waals surface area contributed by atoms with Crippen molar-refractivity contribution < 1.29 is 9.50 Å². The summed E-state index contributed by atoms with van der Waals surface area (Å²) in [5, 5.41) is 14.9. The summed E-state index contributed by atoms with van der Waals surface area (Å²) in [4.78, 5) is 2.81. The molecular weight excluding hydrogens is 269 g/mol. The zero-order valence-corrected chi connectivity index (χ0v) is 11.1. The summed E-state index contributed by atoms with van der Waals surface area (Å²) in [5.41, 5.74) is 8.17. The lowest BCUT2D eigenvalue weighted by Crippen LogP contribution is -2.39. The van der Waals surface area contributed by atoms with Crippen LogP contribution in [0.2, 0.25) is 5.02 Å². The molecule has 1 fully saturated rings. The lowest BCUT2D eigenvalue weighted by atomic mass is 9.76. The Kier molecular flexibility index (Phi) is 4.30. The second-order valence-electron chi connectivity index (χ2n) is 4.94. The summed E-state index contributed by atoms with van der Waals surface area (Å²) in [5.74, 6) is 0. The van der Waals surface area contributed by atoms with Crippen LogP contribution in [0.3, 0.4) is 0 Å². The highest BCUT2D eigenvalue weighted by atomic mass is 35.5. The van der Waals surface area contributed by atoms with Gasteiger partial charge in [0.25, 0.3) is 0 Å². The molecule has 0 bridgehead atoms. The molecule has 0 spiro atoms. The van der Waals surface area contributed by atoms with E-state index < -0.39 is 17.8 Å². The number of rotatable bonds is 3. The fourth-order valence-electron chi connectivity index (χ4n) is 2.57. The van der Waals surface area contributed by atoms with Gasteiger partial charge in [-0.3, -0.25) is 0 Å². The molecule has 0 radical (unpaired) electrons. The first kappa shape index (κ1) is 14.1. The number of hydrogen-bond donors (Lipinski definition) is 1. The van der Waals surface area contributed by atoms with E-state index in [2.05, 4.69) is 10.0 Å². The molecule has 0 aliphatic heterocycles.